The number of nitrogens with one attached hydrogen (secondary N) is 1. The summed E-state index contributed by atoms with van der Waals surface area (Å²) < 4.78 is 43.3. The minimum absolute atomic E-state index is 0.0265. The van der Waals surface area contributed by atoms with Crippen molar-refractivity contribution in [3.8, 4) is 11.5 Å². The number of methoxy groups -OCH3 is 2. The topological polar surface area (TPSA) is 124 Å². The van der Waals surface area contributed by atoms with Crippen LogP contribution in [0.2, 0.25) is 0 Å². The monoisotopic (exact) mass is 525 g/mol. The fraction of sp³-hybridized carbons (Fsp3) is 0.192. The molecule has 0 aliphatic rings. The molecule has 0 aromatic heterocycles. The number of ether oxygens (including phenoxy) is 3. The third-order valence-corrected chi connectivity index (χ3v) is 6.84. The Hall–Kier alpha value is -4.38. The first-order chi connectivity index (χ1) is 17.7. The molecule has 1 N–H and O–H groups in total. The molecule has 0 fully saturated rings. The lowest BCUT2D eigenvalue weighted by atomic mass is 10.2. The van der Waals surface area contributed by atoms with Gasteiger partial charge in [0.25, 0.3) is 15.9 Å². The van der Waals surface area contributed by atoms with Crippen molar-refractivity contribution < 1.29 is 32.2 Å². The third kappa shape index (κ3) is 7.31. The predicted molar refractivity (Wildman–Crippen MR) is 138 cm³/mol. The zero-order valence-electron chi connectivity index (χ0n) is 20.6. The molecule has 0 saturated carbocycles. The molecule has 0 spiro atoms. The van der Waals surface area contributed by atoms with E-state index >= 15 is 0 Å². The van der Waals surface area contributed by atoms with Crippen LogP contribution in [0.1, 0.15) is 11.1 Å². The molecule has 3 aromatic rings. The number of carbonyl (C=O) groups excluding carboxylic acids is 2. The minimum atomic E-state index is -4.11. The maximum atomic E-state index is 13.5. The predicted octanol–water partition coefficient (Wildman–Crippen LogP) is 2.90. The number of hydrazone groups is 1. The number of hydrogen-bond acceptors (Lipinski definition) is 8. The van der Waals surface area contributed by atoms with Crippen LogP contribution in [0.5, 0.6) is 11.5 Å². The number of amides is 1. The minimum Gasteiger partial charge on any atom is -0.495 e. The largest absolute Gasteiger partial charge is 0.495 e. The number of esters is 1. The van der Waals surface area contributed by atoms with Crippen molar-refractivity contribution >= 4 is 33.8 Å². The Kier molecular flexibility index (Phi) is 9.22. The smallest absolute Gasteiger partial charge is 0.343 e. The van der Waals surface area contributed by atoms with Gasteiger partial charge in [0, 0.05) is 0 Å². The molecule has 3 rings (SSSR count). The van der Waals surface area contributed by atoms with Crippen LogP contribution in [-0.2, 0) is 24.3 Å². The summed E-state index contributed by atoms with van der Waals surface area (Å²) >= 11 is 0. The molecule has 0 bridgehead atoms. The van der Waals surface area contributed by atoms with Gasteiger partial charge >= 0.3 is 5.97 Å². The number of anilines is 1. The van der Waals surface area contributed by atoms with Gasteiger partial charge in [-0.25, -0.2) is 18.6 Å². The summed E-state index contributed by atoms with van der Waals surface area (Å²) in [5.41, 5.74) is 3.95. The van der Waals surface area contributed by atoms with Gasteiger partial charge in [0.15, 0.2) is 6.61 Å². The summed E-state index contributed by atoms with van der Waals surface area (Å²) in [5.74, 6) is -0.485. The second kappa shape index (κ2) is 12.5. The fourth-order valence-corrected chi connectivity index (χ4v) is 4.69. The maximum absolute atomic E-state index is 13.5. The molecule has 11 heteroatoms. The molecule has 10 nitrogen and oxygen atoms in total. The second-order valence-corrected chi connectivity index (χ2v) is 9.59. The normalized spacial score (nSPS) is 11.1. The van der Waals surface area contributed by atoms with Crippen LogP contribution >= 0.6 is 0 Å². The van der Waals surface area contributed by atoms with E-state index in [1.54, 1.807) is 60.7 Å². The first kappa shape index (κ1) is 27.2. The first-order valence-electron chi connectivity index (χ1n) is 11.1. The van der Waals surface area contributed by atoms with Crippen LogP contribution < -0.4 is 19.2 Å². The highest BCUT2D eigenvalue weighted by Crippen LogP contribution is 2.33. The molecule has 3 aromatic carbocycles. The van der Waals surface area contributed by atoms with Crippen molar-refractivity contribution in [2.45, 2.75) is 11.8 Å². The van der Waals surface area contributed by atoms with Gasteiger partial charge < -0.3 is 14.2 Å². The standard InChI is InChI=1S/C26H27N3O7S/c1-19-12-13-24(34-2)23(14-19)29(37(32,33)22-10-5-4-6-11-22)17-25(30)28-27-16-20-8-7-9-21(15-20)36-18-26(31)35-3/h4-16H,17-18H2,1-3H3,(H,28,30)/b27-16+. The summed E-state index contributed by atoms with van der Waals surface area (Å²) in [7, 11) is -1.42. The Morgan fingerprint density at radius 2 is 1.76 bits per heavy atom. The number of aryl methyl sites for hydroxylation is 1. The van der Waals surface area contributed by atoms with Crippen molar-refractivity contribution in [3.63, 3.8) is 0 Å². The molecule has 0 atom stereocenters. The average molecular weight is 526 g/mol. The Balaban J connectivity index is 1.80. The van der Waals surface area contributed by atoms with Gasteiger partial charge in [0.1, 0.15) is 18.0 Å². The molecule has 0 radical (unpaired) electrons. The zero-order valence-corrected chi connectivity index (χ0v) is 21.4. The molecule has 194 valence electrons. The Bertz CT molecular complexity index is 1380. The molecule has 1 amide bonds. The Morgan fingerprint density at radius 3 is 2.46 bits per heavy atom. The van der Waals surface area contributed by atoms with Crippen LogP contribution in [0.15, 0.2) is 82.8 Å². The van der Waals surface area contributed by atoms with Crippen molar-refractivity contribution in [3.05, 3.63) is 83.9 Å². The molecule has 0 unspecified atom stereocenters. The van der Waals surface area contributed by atoms with E-state index in [0.29, 0.717) is 17.1 Å². The van der Waals surface area contributed by atoms with E-state index in [0.717, 1.165) is 9.87 Å². The van der Waals surface area contributed by atoms with Gasteiger partial charge in [-0.2, -0.15) is 5.10 Å². The maximum Gasteiger partial charge on any atom is 0.343 e. The quantitative estimate of drug-likeness (QED) is 0.232. The van der Waals surface area contributed by atoms with Gasteiger partial charge in [0.2, 0.25) is 0 Å². The number of benzene rings is 3. The van der Waals surface area contributed by atoms with E-state index in [2.05, 4.69) is 15.3 Å². The summed E-state index contributed by atoms with van der Waals surface area (Å²) in [6.07, 6.45) is 1.37. The first-order valence-corrected chi connectivity index (χ1v) is 12.5. The zero-order chi connectivity index (χ0) is 26.8. The van der Waals surface area contributed by atoms with E-state index in [4.69, 9.17) is 9.47 Å². The molecule has 0 aliphatic heterocycles. The summed E-state index contributed by atoms with van der Waals surface area (Å²) in [6, 6.07) is 19.5. The van der Waals surface area contributed by atoms with Gasteiger partial charge in [-0.15, -0.1) is 0 Å². The number of sulfonamides is 1. The molecular formula is C26H27N3O7S. The van der Waals surface area contributed by atoms with Crippen LogP contribution in [0.4, 0.5) is 5.69 Å². The molecule has 0 heterocycles. The highest BCUT2D eigenvalue weighted by atomic mass is 32.2. The van der Waals surface area contributed by atoms with Crippen LogP contribution in [0.3, 0.4) is 0 Å². The summed E-state index contributed by atoms with van der Waals surface area (Å²) in [6.45, 7) is 1.02. The van der Waals surface area contributed by atoms with Gasteiger partial charge in [-0.3, -0.25) is 9.10 Å². The molecule has 37 heavy (non-hydrogen) atoms. The van der Waals surface area contributed by atoms with Crippen molar-refractivity contribution in [2.75, 3.05) is 31.7 Å². The van der Waals surface area contributed by atoms with E-state index < -0.39 is 28.4 Å². The number of hydrogen-bond donors (Lipinski definition) is 1. The lowest BCUT2D eigenvalue weighted by molar-refractivity contribution is -0.142. The van der Waals surface area contributed by atoms with E-state index in [1.807, 2.05) is 6.92 Å². The van der Waals surface area contributed by atoms with Crippen molar-refractivity contribution in [2.24, 2.45) is 5.10 Å². The lowest BCUT2D eigenvalue weighted by Gasteiger charge is -2.25. The molecule has 0 aliphatic carbocycles. The summed E-state index contributed by atoms with van der Waals surface area (Å²) in [4.78, 5) is 24.1. The highest BCUT2D eigenvalue weighted by Gasteiger charge is 2.29. The second-order valence-electron chi connectivity index (χ2n) is 7.73. The molecular weight excluding hydrogens is 498 g/mol. The number of nitrogens with zero attached hydrogens (tertiary/aromatic N) is 2. The van der Waals surface area contributed by atoms with Crippen molar-refractivity contribution in [1.82, 2.24) is 5.43 Å². The Labute approximate surface area is 215 Å². The van der Waals surface area contributed by atoms with Crippen LogP contribution in [0, 0.1) is 6.92 Å². The highest BCUT2D eigenvalue weighted by molar-refractivity contribution is 7.92. The number of rotatable bonds is 11. The van der Waals surface area contributed by atoms with Crippen LogP contribution in [-0.4, -0.2) is 53.9 Å². The van der Waals surface area contributed by atoms with Crippen molar-refractivity contribution in [1.29, 1.82) is 0 Å². The van der Waals surface area contributed by atoms with E-state index in [1.165, 1.54) is 32.6 Å². The number of carbonyl (C=O) groups is 2. The fourth-order valence-electron chi connectivity index (χ4n) is 3.24. The third-order valence-electron chi connectivity index (χ3n) is 5.07. The molecule has 0 saturated heterocycles. The summed E-state index contributed by atoms with van der Waals surface area (Å²) in [5, 5.41) is 3.93. The van der Waals surface area contributed by atoms with Gasteiger partial charge in [-0.1, -0.05) is 36.4 Å². The lowest BCUT2D eigenvalue weighted by Crippen LogP contribution is -2.39. The van der Waals surface area contributed by atoms with Gasteiger partial charge in [-0.05, 0) is 54.4 Å². The SMILES string of the molecule is COC(=O)COc1cccc(/C=N/NC(=O)CN(c2cc(C)ccc2OC)S(=O)(=O)c2ccccc2)c1. The van der Waals surface area contributed by atoms with Crippen LogP contribution in [0.25, 0.3) is 0 Å². The average Bonchev–Trinajstić information content (AvgIpc) is 2.91. The van der Waals surface area contributed by atoms with Gasteiger partial charge in [0.05, 0.1) is 31.0 Å². The van der Waals surface area contributed by atoms with E-state index in [9.17, 15) is 18.0 Å². The Morgan fingerprint density at radius 1 is 1.00 bits per heavy atom. The van der Waals surface area contributed by atoms with E-state index in [-0.39, 0.29) is 17.2 Å².